The first kappa shape index (κ1) is 107. The highest BCUT2D eigenvalue weighted by molar-refractivity contribution is 7.89. The zero-order valence-electron chi connectivity index (χ0n) is 75.2. The Hall–Kier alpha value is -12.2. The Bertz CT molecular complexity index is 5870. The van der Waals surface area contributed by atoms with Gasteiger partial charge in [-0.3, -0.25) is 38.8 Å². The van der Waals surface area contributed by atoms with Gasteiger partial charge in [-0.1, -0.05) is 98.8 Å². The lowest BCUT2D eigenvalue weighted by Gasteiger charge is -2.59. The summed E-state index contributed by atoms with van der Waals surface area (Å²) in [4.78, 5) is 72.6. The summed E-state index contributed by atoms with van der Waals surface area (Å²) in [5.74, 6) is 0.729. The van der Waals surface area contributed by atoms with Gasteiger partial charge in [0.25, 0.3) is 5.69 Å². The molecule has 12 atom stereocenters. The van der Waals surface area contributed by atoms with Crippen molar-refractivity contribution in [2.45, 2.75) is 189 Å². The molecular weight excluding hydrogens is 1790 g/mol. The summed E-state index contributed by atoms with van der Waals surface area (Å²) in [7, 11) is -3.40. The van der Waals surface area contributed by atoms with Crippen molar-refractivity contribution in [2.24, 2.45) is 0 Å². The molecular formula is C91H112FN14O26S2-. The lowest BCUT2D eigenvalue weighted by Crippen LogP contribution is -2.64. The number of piperidine rings is 1. The molecule has 0 amide bonds. The first-order chi connectivity index (χ1) is 63.6. The van der Waals surface area contributed by atoms with Crippen molar-refractivity contribution in [1.82, 2.24) is 59.7 Å². The van der Waals surface area contributed by atoms with Crippen molar-refractivity contribution in [1.29, 1.82) is 0 Å². The largest absolute Gasteiger partial charge is 0.784 e. The van der Waals surface area contributed by atoms with Crippen molar-refractivity contribution >= 4 is 76.7 Å². The van der Waals surface area contributed by atoms with Gasteiger partial charge in [0.1, 0.15) is 78.3 Å². The van der Waals surface area contributed by atoms with E-state index in [4.69, 9.17) is 28.9 Å². The van der Waals surface area contributed by atoms with E-state index in [0.29, 0.717) is 66.9 Å². The van der Waals surface area contributed by atoms with Gasteiger partial charge in [-0.15, -0.1) is 5.10 Å². The SMILES string of the molecule is CC(=O)c1ccc(-n2ccnc2)cc1.CC(C)NCC(O)COc1cccc2ccccc12.CC1(C)CC(O)CC(C)(C)N1[O-].COC(=O)CS(=O)c1ccccc1.Cc1nc2cc(C)c(C)cc2[nH]1.O=S(=O)(NCCc1cnc[nH]1)c1ccccc1.O=[N+]([O-])c1ccc(OC2OC(CO)C(OC3OC(CO)C(O)C(O)C3O)C(O)C2F)c([N+](=O)[O-])c1.O=c1c2ccccc2nnn1O. The highest BCUT2D eigenvalue weighted by Gasteiger charge is 2.52. The topological polar surface area (TPSA) is 582 Å². The summed E-state index contributed by atoms with van der Waals surface area (Å²) in [6, 6.07) is 52.2. The van der Waals surface area contributed by atoms with Crippen LogP contribution in [0.2, 0.25) is 0 Å². The van der Waals surface area contributed by atoms with Crippen LogP contribution in [0.15, 0.2) is 228 Å². The second-order valence-corrected chi connectivity index (χ2v) is 35.5. The fourth-order valence-corrected chi connectivity index (χ4v) is 15.7. The number of H-pyrrole nitrogens is 2. The fraction of sp³-hybridized carbons (Fsp3) is 0.385. The number of aryl methyl sites for hydroxylation is 3. The summed E-state index contributed by atoms with van der Waals surface area (Å²) in [6.45, 7) is 18.9. The molecule has 43 heteroatoms. The number of fused-ring (bicyclic) bond motifs is 3. The summed E-state index contributed by atoms with van der Waals surface area (Å²) < 4.78 is 85.5. The number of sulfonamides is 1. The Balaban J connectivity index is 0.000000195. The Labute approximate surface area is 772 Å². The van der Waals surface area contributed by atoms with E-state index in [1.54, 1.807) is 111 Å². The lowest BCUT2D eigenvalue weighted by molar-refractivity contribution is -0.395. The molecule has 0 saturated carbocycles. The number of hydrogen-bond acceptors (Lipinski definition) is 33. The molecule has 7 heterocycles. The van der Waals surface area contributed by atoms with Crippen molar-refractivity contribution in [2.75, 3.05) is 45.8 Å². The number of aromatic amines is 2. The predicted octanol–water partition coefficient (Wildman–Crippen LogP) is 8.05. The number of nitrogens with zero attached hydrogens (tertiary/aromatic N) is 10. The van der Waals surface area contributed by atoms with Crippen LogP contribution in [0.5, 0.6) is 11.5 Å². The molecule has 134 heavy (non-hydrogen) atoms. The number of nitrogens with one attached hydrogen (secondary N) is 4. The Morgan fingerprint density at radius 2 is 1.36 bits per heavy atom. The van der Waals surface area contributed by atoms with Gasteiger partial charge in [0.2, 0.25) is 22.1 Å². The zero-order chi connectivity index (χ0) is 98.3. The van der Waals surface area contributed by atoms with E-state index in [2.05, 4.69) is 102 Å². The van der Waals surface area contributed by atoms with Crippen molar-refractivity contribution in [3.63, 3.8) is 0 Å². The molecule has 0 radical (unpaired) electrons. The normalized spacial score (nSPS) is 20.0. The van der Waals surface area contributed by atoms with E-state index < -0.39 is 151 Å². The molecule has 3 aliphatic heterocycles. The minimum Gasteiger partial charge on any atom is -0.784 e. The zero-order valence-corrected chi connectivity index (χ0v) is 76.8. The van der Waals surface area contributed by atoms with Crippen LogP contribution in [0.3, 0.4) is 0 Å². The van der Waals surface area contributed by atoms with Crippen LogP contribution in [0.1, 0.15) is 94.3 Å². The average Bonchev–Trinajstić information content (AvgIpc) is 0.959. The number of hydroxylamine groups is 2. The third kappa shape index (κ3) is 31.2. The fourth-order valence-electron chi connectivity index (χ4n) is 13.7. The highest BCUT2D eigenvalue weighted by atomic mass is 32.2. The molecule has 8 aromatic carbocycles. The maximum Gasteiger partial charge on any atom is 0.318 e. The molecule has 3 fully saturated rings. The van der Waals surface area contributed by atoms with Crippen LogP contribution in [-0.4, -0.2) is 267 Å². The molecule has 0 bridgehead atoms. The smallest absolute Gasteiger partial charge is 0.318 e. The van der Waals surface area contributed by atoms with E-state index >= 15 is 0 Å². The number of esters is 1. The number of aliphatic hydroxyl groups excluding tert-OH is 8. The summed E-state index contributed by atoms with van der Waals surface area (Å²) in [5.41, 5.74) is 5.00. The summed E-state index contributed by atoms with van der Waals surface area (Å²) >= 11 is 0. The van der Waals surface area contributed by atoms with Gasteiger partial charge in [0, 0.05) is 88.5 Å². The molecule has 722 valence electrons. The number of carbonyl (C=O) groups is 2. The van der Waals surface area contributed by atoms with Crippen LogP contribution in [0, 0.1) is 46.2 Å². The Morgan fingerprint density at radius 1 is 0.739 bits per heavy atom. The van der Waals surface area contributed by atoms with Crippen LogP contribution < -0.4 is 25.1 Å². The molecule has 13 N–H and O–H groups in total. The number of non-ortho nitro benzene ring substituents is 1. The number of carbonyl (C=O) groups excluding carboxylic acids is 2. The average molecular weight is 1900 g/mol. The number of aromatic nitrogens is 9. The quantitative estimate of drug-likeness (QED) is 0.00894. The maximum absolute atomic E-state index is 15.0. The second kappa shape index (κ2) is 50.7. The monoisotopic (exact) mass is 1900 g/mol. The summed E-state index contributed by atoms with van der Waals surface area (Å²) in [5, 5.41) is 135. The molecule has 40 nitrogen and oxygen atoms in total. The Kier molecular flexibility index (Phi) is 40.5. The third-order valence-electron chi connectivity index (χ3n) is 20.6. The molecule has 12 aromatic rings. The van der Waals surface area contributed by atoms with Crippen LogP contribution in [0.25, 0.3) is 38.4 Å². The Morgan fingerprint density at radius 3 is 1.96 bits per heavy atom. The minimum absolute atomic E-state index is 0.0828. The molecule has 15 rings (SSSR count). The van der Waals surface area contributed by atoms with Gasteiger partial charge < -0.3 is 105 Å². The van der Waals surface area contributed by atoms with E-state index in [-0.39, 0.29) is 27.4 Å². The van der Waals surface area contributed by atoms with Crippen molar-refractivity contribution in [3.05, 3.63) is 277 Å². The number of ether oxygens (including phenoxy) is 6. The van der Waals surface area contributed by atoms with Gasteiger partial charge in [-0.25, -0.2) is 32.5 Å². The highest BCUT2D eigenvalue weighted by Crippen LogP contribution is 2.39. The first-order valence-electron chi connectivity index (χ1n) is 42.0. The number of nitro benzene ring substituents is 2. The number of halogens is 1. The maximum atomic E-state index is 15.0. The molecule has 3 saturated heterocycles. The predicted molar refractivity (Wildman–Crippen MR) is 491 cm³/mol. The van der Waals surface area contributed by atoms with Crippen LogP contribution >= 0.6 is 0 Å². The van der Waals surface area contributed by atoms with Crippen molar-refractivity contribution in [3.8, 4) is 17.2 Å². The number of aliphatic hydroxyl groups is 8. The van der Waals surface area contributed by atoms with Gasteiger partial charge in [-0.2, -0.15) is 0 Å². The second-order valence-electron chi connectivity index (χ2n) is 32.3. The number of rotatable bonds is 24. The van der Waals surface area contributed by atoms with Crippen LogP contribution in [-0.2, 0) is 51.0 Å². The summed E-state index contributed by atoms with van der Waals surface area (Å²) in [6.07, 6.45) is -9.04. The molecule has 12 unspecified atom stereocenters. The molecule has 3 aliphatic rings. The lowest BCUT2D eigenvalue weighted by atomic mass is 9.80. The van der Waals surface area contributed by atoms with E-state index in [9.17, 15) is 97.7 Å². The number of imidazole rings is 3. The van der Waals surface area contributed by atoms with Gasteiger partial charge >= 0.3 is 17.2 Å². The standard InChI is InChI=1S/C18H23FN2O14.C16H21NO2.C11H13N3O2S.C11H10N2O.C10H12N2.C9H18NO2.C9H10O3S.C7H5N3O2/c19-11-13(25)16(35-18-15(27)14(26)12(24)9(4-22)33-18)10(5-23)34-17(11)32-8-2-1-6(20(28)29)3-7(8)21(30)31;1-12(2)17-10-14(18)11-19-16-9-5-7-13-6-3-4-8-15(13)16;15-17(16,11-4-2-1-3-5-11)14-7-6-10-8-12-9-13-10;1-9(14)10-2-4-11(5-3-10)13-7-6-12-8-13;1-6-4-9-10(5-7(6)2)12-8(3)11-9;1-8(2)5-7(11)6-9(3,4)10(8)12;1-12-9(10)7-13(11)8-5-3-2-4-6-8;11-7-5-3-1-2-4-6(5)8-9-10(7)12/h1-3,9-18,22-27H,4-5H2;3-9,12,14,17-18H,10-11H2,1-2H3;1-5,8-9,14H,6-7H2,(H,12,13);2-8H,1H3;4-5H,1-3H3,(H,11,12);7,11H,5-6H2,1-4H3;2-6H,7H2,1H3;1-4,12H/q;;;;;-1;;. The van der Waals surface area contributed by atoms with E-state index in [1.807, 2.05) is 106 Å². The molecule has 0 spiro atoms. The third-order valence-corrected chi connectivity index (χ3v) is 23.4. The number of ketones is 1. The van der Waals surface area contributed by atoms with E-state index in [0.717, 1.165) is 67.5 Å². The van der Waals surface area contributed by atoms with Crippen LogP contribution in [0.4, 0.5) is 15.8 Å². The molecule has 4 aromatic heterocycles. The number of nitro groups is 2. The van der Waals surface area contributed by atoms with E-state index in [1.165, 1.54) is 18.2 Å². The number of benzene rings is 8. The van der Waals surface area contributed by atoms with Gasteiger partial charge in [0.15, 0.2) is 18.2 Å². The number of hydrogen-bond donors (Lipinski definition) is 13. The van der Waals surface area contributed by atoms with Gasteiger partial charge in [0.05, 0.1) is 87.1 Å². The van der Waals surface area contributed by atoms with Crippen molar-refractivity contribution < 1.29 is 111 Å². The first-order valence-corrected chi connectivity index (χ1v) is 44.8. The number of alkyl halides is 1. The minimum atomic E-state index is -3.40. The number of methoxy groups -OCH3 is 1. The number of Topliss-reactive ketones (excluding diaryl/α,β-unsaturated/α-hetero) is 1. The molecule has 0 aliphatic carbocycles. The van der Waals surface area contributed by atoms with Gasteiger partial charge in [-0.05, 0) is 180 Å².